The summed E-state index contributed by atoms with van der Waals surface area (Å²) in [6, 6.07) is 1.76. The SMILES string of the molecule is C#C/C=C/CCCC1CCC(C)C2CCCN12. The Morgan fingerprint density at radius 2 is 2.24 bits per heavy atom. The van der Waals surface area contributed by atoms with Gasteiger partial charge in [-0.2, -0.15) is 0 Å². The van der Waals surface area contributed by atoms with E-state index in [-0.39, 0.29) is 0 Å². The molecule has 2 heterocycles. The van der Waals surface area contributed by atoms with Gasteiger partial charge in [-0.3, -0.25) is 4.90 Å². The second-order valence-electron chi connectivity index (χ2n) is 5.66. The number of unbranched alkanes of at least 4 members (excludes halogenated alkanes) is 1. The summed E-state index contributed by atoms with van der Waals surface area (Å²) < 4.78 is 0. The summed E-state index contributed by atoms with van der Waals surface area (Å²) in [6.45, 7) is 3.79. The highest BCUT2D eigenvalue weighted by molar-refractivity contribution is 5.08. The van der Waals surface area contributed by atoms with Gasteiger partial charge in [-0.1, -0.05) is 18.9 Å². The number of piperidine rings is 1. The molecule has 0 aliphatic carbocycles. The molecule has 0 aromatic heterocycles. The van der Waals surface area contributed by atoms with Crippen LogP contribution in [-0.4, -0.2) is 23.5 Å². The monoisotopic (exact) mass is 231 g/mol. The molecule has 0 amide bonds. The van der Waals surface area contributed by atoms with Gasteiger partial charge >= 0.3 is 0 Å². The molecule has 0 saturated carbocycles. The second-order valence-corrected chi connectivity index (χ2v) is 5.66. The highest BCUT2D eigenvalue weighted by Crippen LogP contribution is 2.36. The first-order chi connectivity index (χ1) is 8.33. The van der Waals surface area contributed by atoms with E-state index in [1.54, 1.807) is 0 Å². The number of terminal acetylenes is 1. The maximum absolute atomic E-state index is 5.19. The summed E-state index contributed by atoms with van der Waals surface area (Å²) >= 11 is 0. The van der Waals surface area contributed by atoms with Crippen molar-refractivity contribution in [3.8, 4) is 12.3 Å². The van der Waals surface area contributed by atoms with Gasteiger partial charge in [-0.15, -0.1) is 6.42 Å². The molecule has 3 unspecified atom stereocenters. The first kappa shape index (κ1) is 12.7. The van der Waals surface area contributed by atoms with Gasteiger partial charge in [-0.25, -0.2) is 0 Å². The molecule has 0 aromatic carbocycles. The average Bonchev–Trinajstić information content (AvgIpc) is 2.81. The number of nitrogens with zero attached hydrogens (tertiary/aromatic N) is 1. The van der Waals surface area contributed by atoms with Crippen molar-refractivity contribution in [2.45, 2.75) is 64.0 Å². The molecule has 0 bridgehead atoms. The Morgan fingerprint density at radius 1 is 1.35 bits per heavy atom. The molecule has 2 aliphatic heterocycles. The van der Waals surface area contributed by atoms with Gasteiger partial charge in [0.1, 0.15) is 0 Å². The van der Waals surface area contributed by atoms with Crippen LogP contribution >= 0.6 is 0 Å². The topological polar surface area (TPSA) is 3.24 Å². The number of hydrogen-bond acceptors (Lipinski definition) is 1. The maximum Gasteiger partial charge on any atom is 0.0124 e. The van der Waals surface area contributed by atoms with Crippen LogP contribution in [-0.2, 0) is 0 Å². The van der Waals surface area contributed by atoms with Gasteiger partial charge < -0.3 is 0 Å². The van der Waals surface area contributed by atoms with Gasteiger partial charge in [0.15, 0.2) is 0 Å². The summed E-state index contributed by atoms with van der Waals surface area (Å²) in [4.78, 5) is 2.80. The lowest BCUT2D eigenvalue weighted by Crippen LogP contribution is -2.46. The van der Waals surface area contributed by atoms with Gasteiger partial charge in [0.2, 0.25) is 0 Å². The minimum absolute atomic E-state index is 0.859. The van der Waals surface area contributed by atoms with Crippen molar-refractivity contribution in [3.05, 3.63) is 12.2 Å². The van der Waals surface area contributed by atoms with Crippen LogP contribution < -0.4 is 0 Å². The maximum atomic E-state index is 5.19. The molecule has 2 saturated heterocycles. The fourth-order valence-corrected chi connectivity index (χ4v) is 3.63. The van der Waals surface area contributed by atoms with Crippen LogP contribution in [0.25, 0.3) is 0 Å². The van der Waals surface area contributed by atoms with Crippen LogP contribution in [0.15, 0.2) is 12.2 Å². The minimum Gasteiger partial charge on any atom is -0.297 e. The van der Waals surface area contributed by atoms with Crippen molar-refractivity contribution < 1.29 is 0 Å². The quantitative estimate of drug-likeness (QED) is 0.528. The van der Waals surface area contributed by atoms with Crippen LogP contribution in [0.2, 0.25) is 0 Å². The van der Waals surface area contributed by atoms with E-state index in [0.29, 0.717) is 0 Å². The first-order valence-corrected chi connectivity index (χ1v) is 7.20. The fourth-order valence-electron chi connectivity index (χ4n) is 3.63. The lowest BCUT2D eigenvalue weighted by atomic mass is 9.85. The molecule has 1 nitrogen and oxygen atoms in total. The third-order valence-corrected chi connectivity index (χ3v) is 4.55. The van der Waals surface area contributed by atoms with E-state index < -0.39 is 0 Å². The van der Waals surface area contributed by atoms with E-state index in [1.807, 2.05) is 6.08 Å². The Hall–Kier alpha value is -0.740. The van der Waals surface area contributed by atoms with Crippen LogP contribution in [0, 0.1) is 18.3 Å². The van der Waals surface area contributed by atoms with E-state index in [9.17, 15) is 0 Å². The lowest BCUT2D eigenvalue weighted by Gasteiger charge is -2.41. The van der Waals surface area contributed by atoms with E-state index >= 15 is 0 Å². The zero-order valence-corrected chi connectivity index (χ0v) is 11.1. The number of rotatable bonds is 4. The molecule has 3 atom stereocenters. The van der Waals surface area contributed by atoms with Crippen molar-refractivity contribution in [3.63, 3.8) is 0 Å². The molecule has 2 fully saturated rings. The van der Waals surface area contributed by atoms with Crippen LogP contribution in [0.1, 0.15) is 51.9 Å². The molecular formula is C16H25N. The molecule has 2 aliphatic rings. The van der Waals surface area contributed by atoms with Crippen molar-refractivity contribution in [2.75, 3.05) is 6.54 Å². The predicted molar refractivity (Wildman–Crippen MR) is 73.7 cm³/mol. The van der Waals surface area contributed by atoms with Crippen molar-refractivity contribution >= 4 is 0 Å². The molecule has 1 heteroatoms. The Bertz CT molecular complexity index is 299. The molecule has 0 spiro atoms. The van der Waals surface area contributed by atoms with E-state index in [1.165, 1.54) is 45.1 Å². The van der Waals surface area contributed by atoms with Crippen LogP contribution in [0.5, 0.6) is 0 Å². The Labute approximate surface area is 106 Å². The van der Waals surface area contributed by atoms with E-state index in [4.69, 9.17) is 6.42 Å². The number of fused-ring (bicyclic) bond motifs is 1. The number of allylic oxidation sites excluding steroid dienone is 2. The van der Waals surface area contributed by atoms with E-state index in [0.717, 1.165) is 24.4 Å². The third-order valence-electron chi connectivity index (χ3n) is 4.55. The fraction of sp³-hybridized carbons (Fsp3) is 0.750. The van der Waals surface area contributed by atoms with E-state index in [2.05, 4.69) is 23.8 Å². The Balaban J connectivity index is 1.77. The smallest absolute Gasteiger partial charge is 0.0124 e. The Morgan fingerprint density at radius 3 is 3.06 bits per heavy atom. The second kappa shape index (κ2) is 6.26. The lowest BCUT2D eigenvalue weighted by molar-refractivity contribution is 0.0756. The van der Waals surface area contributed by atoms with Gasteiger partial charge in [0.05, 0.1) is 0 Å². The van der Waals surface area contributed by atoms with Crippen LogP contribution in [0.4, 0.5) is 0 Å². The largest absolute Gasteiger partial charge is 0.297 e. The van der Waals surface area contributed by atoms with Gasteiger partial charge in [-0.05, 0) is 63.5 Å². The van der Waals surface area contributed by atoms with Crippen molar-refractivity contribution in [1.82, 2.24) is 4.90 Å². The summed E-state index contributed by atoms with van der Waals surface area (Å²) in [7, 11) is 0. The summed E-state index contributed by atoms with van der Waals surface area (Å²) in [5.74, 6) is 3.48. The predicted octanol–water partition coefficient (Wildman–Crippen LogP) is 3.61. The normalized spacial score (nSPS) is 33.8. The molecule has 0 radical (unpaired) electrons. The molecule has 2 rings (SSSR count). The van der Waals surface area contributed by atoms with Crippen molar-refractivity contribution in [2.24, 2.45) is 5.92 Å². The average molecular weight is 231 g/mol. The molecule has 0 N–H and O–H groups in total. The molecule has 94 valence electrons. The minimum atomic E-state index is 0.859. The van der Waals surface area contributed by atoms with Crippen LogP contribution in [0.3, 0.4) is 0 Å². The standard InChI is InChI=1S/C16H25N/c1-3-4-5-6-7-9-15-12-11-14(2)16-10-8-13-17(15)16/h1,4-5,14-16H,6-13H2,2H3/b5-4+. The highest BCUT2D eigenvalue weighted by Gasteiger charge is 2.37. The summed E-state index contributed by atoms with van der Waals surface area (Å²) in [5, 5.41) is 0. The zero-order valence-electron chi connectivity index (χ0n) is 11.1. The number of hydrogen-bond donors (Lipinski definition) is 0. The molecule has 17 heavy (non-hydrogen) atoms. The van der Waals surface area contributed by atoms with Gasteiger partial charge in [0, 0.05) is 12.1 Å². The summed E-state index contributed by atoms with van der Waals surface area (Å²) in [5.41, 5.74) is 0. The molecule has 0 aromatic rings. The summed E-state index contributed by atoms with van der Waals surface area (Å²) in [6.07, 6.45) is 18.7. The van der Waals surface area contributed by atoms with Crippen molar-refractivity contribution in [1.29, 1.82) is 0 Å². The third kappa shape index (κ3) is 3.13. The van der Waals surface area contributed by atoms with Gasteiger partial charge in [0.25, 0.3) is 0 Å². The molecular weight excluding hydrogens is 206 g/mol. The zero-order chi connectivity index (χ0) is 12.1. The highest BCUT2D eigenvalue weighted by atomic mass is 15.2. The first-order valence-electron chi connectivity index (χ1n) is 7.20. The Kier molecular flexibility index (Phi) is 4.68.